The van der Waals surface area contributed by atoms with Crippen molar-refractivity contribution in [1.82, 2.24) is 5.32 Å². The van der Waals surface area contributed by atoms with E-state index in [1.54, 1.807) is 0 Å². The number of primary amides is 1. The quantitative estimate of drug-likeness (QED) is 0.464. The lowest BCUT2D eigenvalue weighted by atomic mass is 9.92. The maximum Gasteiger partial charge on any atom is 0.240 e. The average Bonchev–Trinajstić information content (AvgIpc) is 2.72. The molecule has 0 saturated heterocycles. The van der Waals surface area contributed by atoms with Crippen LogP contribution in [0.1, 0.15) is 11.1 Å². The summed E-state index contributed by atoms with van der Waals surface area (Å²) in [4.78, 5) is 24.7. The fraction of sp³-hybridized carbons (Fsp3) is 0.120. The van der Waals surface area contributed by atoms with Gasteiger partial charge in [-0.05, 0) is 50.9 Å². The fourth-order valence-electron chi connectivity index (χ4n) is 3.90. The molecule has 4 aromatic rings. The van der Waals surface area contributed by atoms with Crippen molar-refractivity contribution in [3.8, 4) is 0 Å². The van der Waals surface area contributed by atoms with Gasteiger partial charge in [-0.25, -0.2) is 8.78 Å². The van der Waals surface area contributed by atoms with E-state index in [0.29, 0.717) is 0 Å². The van der Waals surface area contributed by atoms with Gasteiger partial charge in [0.25, 0.3) is 0 Å². The van der Waals surface area contributed by atoms with Gasteiger partial charge in [-0.15, -0.1) is 0 Å². The Morgan fingerprint density at radius 2 is 1.39 bits per heavy atom. The molecule has 0 unspecified atom stereocenters. The minimum absolute atomic E-state index is 0.175. The molecule has 0 heterocycles. The first-order valence-electron chi connectivity index (χ1n) is 9.84. The Balaban J connectivity index is 1.64. The second-order valence-electron chi connectivity index (χ2n) is 7.48. The molecule has 31 heavy (non-hydrogen) atoms. The summed E-state index contributed by atoms with van der Waals surface area (Å²) in [5.41, 5.74) is 6.66. The summed E-state index contributed by atoms with van der Waals surface area (Å²) < 4.78 is 26.8. The Labute approximate surface area is 177 Å². The number of carbonyl (C=O) groups excluding carboxylic acids is 2. The largest absolute Gasteiger partial charge is 0.368 e. The minimum atomic E-state index is -0.972. The van der Waals surface area contributed by atoms with E-state index < -0.39 is 29.5 Å². The van der Waals surface area contributed by atoms with E-state index in [4.69, 9.17) is 5.73 Å². The number of fused-ring (bicyclic) bond motifs is 2. The number of hydrogen-bond donors (Lipinski definition) is 2. The minimum Gasteiger partial charge on any atom is -0.368 e. The number of nitrogens with one attached hydrogen (secondary N) is 1. The monoisotopic (exact) mass is 418 g/mol. The number of carbonyl (C=O) groups is 2. The van der Waals surface area contributed by atoms with Gasteiger partial charge in [0, 0.05) is 12.5 Å². The lowest BCUT2D eigenvalue weighted by Gasteiger charge is -2.19. The first kappa shape index (κ1) is 20.5. The van der Waals surface area contributed by atoms with Gasteiger partial charge >= 0.3 is 0 Å². The smallest absolute Gasteiger partial charge is 0.240 e. The third kappa shape index (κ3) is 4.53. The lowest BCUT2D eigenvalue weighted by molar-refractivity contribution is -0.126. The highest BCUT2D eigenvalue weighted by molar-refractivity contribution is 6.03. The van der Waals surface area contributed by atoms with Gasteiger partial charge in [-0.2, -0.15) is 0 Å². The predicted molar refractivity (Wildman–Crippen MR) is 116 cm³/mol. The predicted octanol–water partition coefficient (Wildman–Crippen LogP) is 4.03. The second-order valence-corrected chi connectivity index (χ2v) is 7.48. The summed E-state index contributed by atoms with van der Waals surface area (Å²) in [6.45, 7) is 0. The highest BCUT2D eigenvalue weighted by Crippen LogP contribution is 2.29. The number of hydrogen-bond acceptors (Lipinski definition) is 2. The molecule has 3 N–H and O–H groups in total. The molecule has 0 bridgehead atoms. The first-order chi connectivity index (χ1) is 14.9. The number of halogens is 2. The van der Waals surface area contributed by atoms with Crippen LogP contribution in [-0.4, -0.2) is 17.9 Å². The Hall–Kier alpha value is -3.80. The summed E-state index contributed by atoms with van der Waals surface area (Å²) >= 11 is 0. The number of rotatable bonds is 6. The maximum atomic E-state index is 13.4. The highest BCUT2D eigenvalue weighted by atomic mass is 19.1. The van der Waals surface area contributed by atoms with Crippen LogP contribution in [0.2, 0.25) is 0 Å². The fourth-order valence-corrected chi connectivity index (χ4v) is 3.90. The summed E-state index contributed by atoms with van der Waals surface area (Å²) in [6.07, 6.45) is -0.0742. The molecule has 4 aromatic carbocycles. The summed E-state index contributed by atoms with van der Waals surface area (Å²) in [6, 6.07) is 19.6. The van der Waals surface area contributed by atoms with Crippen molar-refractivity contribution in [1.29, 1.82) is 0 Å². The molecular weight excluding hydrogens is 398 g/mol. The molecule has 0 aliphatic heterocycles. The Morgan fingerprint density at radius 1 is 0.839 bits per heavy atom. The molecule has 0 saturated carbocycles. The summed E-state index contributed by atoms with van der Waals surface area (Å²) in [5, 5.41) is 6.59. The molecule has 0 fully saturated rings. The van der Waals surface area contributed by atoms with Crippen LogP contribution in [-0.2, 0) is 22.4 Å². The molecule has 0 aliphatic carbocycles. The summed E-state index contributed by atoms with van der Waals surface area (Å²) in [5.74, 6) is -2.76. The Kier molecular flexibility index (Phi) is 5.62. The van der Waals surface area contributed by atoms with Gasteiger partial charge in [-0.3, -0.25) is 9.59 Å². The third-order valence-electron chi connectivity index (χ3n) is 5.26. The topological polar surface area (TPSA) is 72.2 Å². The van der Waals surface area contributed by atoms with E-state index in [0.717, 1.165) is 45.3 Å². The van der Waals surface area contributed by atoms with E-state index in [1.165, 1.54) is 0 Å². The molecule has 2 amide bonds. The van der Waals surface area contributed by atoms with Crippen LogP contribution in [0.4, 0.5) is 8.78 Å². The molecule has 1 atom stereocenters. The zero-order valence-electron chi connectivity index (χ0n) is 16.6. The van der Waals surface area contributed by atoms with Crippen molar-refractivity contribution in [2.75, 3.05) is 0 Å². The van der Waals surface area contributed by atoms with Gasteiger partial charge in [-0.1, -0.05) is 48.5 Å². The van der Waals surface area contributed by atoms with Crippen molar-refractivity contribution in [3.63, 3.8) is 0 Å². The van der Waals surface area contributed by atoms with E-state index >= 15 is 0 Å². The van der Waals surface area contributed by atoms with E-state index in [9.17, 15) is 18.4 Å². The molecule has 4 rings (SSSR count). The third-order valence-corrected chi connectivity index (χ3v) is 5.26. The molecule has 4 nitrogen and oxygen atoms in total. The normalized spacial score (nSPS) is 12.1. The van der Waals surface area contributed by atoms with Crippen molar-refractivity contribution in [2.24, 2.45) is 5.73 Å². The van der Waals surface area contributed by atoms with Crippen molar-refractivity contribution < 1.29 is 18.4 Å². The van der Waals surface area contributed by atoms with Crippen LogP contribution in [0.5, 0.6) is 0 Å². The molecule has 156 valence electrons. The van der Waals surface area contributed by atoms with Crippen LogP contribution in [0.25, 0.3) is 21.5 Å². The number of nitrogens with two attached hydrogens (primary N) is 1. The van der Waals surface area contributed by atoms with Gasteiger partial charge < -0.3 is 11.1 Å². The van der Waals surface area contributed by atoms with Gasteiger partial charge in [0.2, 0.25) is 11.8 Å². The molecule has 0 spiro atoms. The molecule has 0 radical (unpaired) electrons. The van der Waals surface area contributed by atoms with Crippen LogP contribution < -0.4 is 11.1 Å². The Morgan fingerprint density at radius 3 is 1.94 bits per heavy atom. The Bertz CT molecular complexity index is 1230. The maximum absolute atomic E-state index is 13.4. The molecule has 0 aromatic heterocycles. The van der Waals surface area contributed by atoms with Crippen LogP contribution in [0, 0.1) is 11.6 Å². The van der Waals surface area contributed by atoms with E-state index in [1.807, 2.05) is 48.5 Å². The second kappa shape index (κ2) is 8.52. The molecular formula is C25H20F2N2O2. The lowest BCUT2D eigenvalue weighted by Crippen LogP contribution is -2.46. The van der Waals surface area contributed by atoms with Gasteiger partial charge in [0.1, 0.15) is 17.7 Å². The number of benzene rings is 4. The first-order valence-corrected chi connectivity index (χ1v) is 9.84. The van der Waals surface area contributed by atoms with Gasteiger partial charge in [0.15, 0.2) is 0 Å². The van der Waals surface area contributed by atoms with Crippen molar-refractivity contribution in [2.45, 2.75) is 18.9 Å². The zero-order valence-corrected chi connectivity index (χ0v) is 16.6. The van der Waals surface area contributed by atoms with Crippen LogP contribution in [0.3, 0.4) is 0 Å². The van der Waals surface area contributed by atoms with E-state index in [-0.39, 0.29) is 18.4 Å². The summed E-state index contributed by atoms with van der Waals surface area (Å²) in [7, 11) is 0. The van der Waals surface area contributed by atoms with Crippen LogP contribution >= 0.6 is 0 Å². The van der Waals surface area contributed by atoms with Crippen molar-refractivity contribution in [3.05, 3.63) is 95.6 Å². The van der Waals surface area contributed by atoms with E-state index in [2.05, 4.69) is 11.4 Å². The zero-order chi connectivity index (χ0) is 22.0. The van der Waals surface area contributed by atoms with Crippen molar-refractivity contribution >= 4 is 33.4 Å². The van der Waals surface area contributed by atoms with Gasteiger partial charge in [0.05, 0.1) is 6.42 Å². The number of amides is 2. The standard InChI is InChI=1S/C25H20F2N2O2/c26-18-9-15(10-19(27)13-18)11-24(30)29-23(25(28)31)14-22-20-7-3-1-5-16(20)12-17-6-2-4-8-21(17)22/h1-10,12-13,23H,11,14H2,(H2,28,31)(H,29,30)/t23-/m0/s1. The average molecular weight is 418 g/mol. The highest BCUT2D eigenvalue weighted by Gasteiger charge is 2.21. The SMILES string of the molecule is NC(=O)[C@H](Cc1c2ccccc2cc2ccccc12)NC(=O)Cc1cc(F)cc(F)c1. The molecule has 6 heteroatoms. The molecule has 0 aliphatic rings. The van der Waals surface area contributed by atoms with Crippen LogP contribution in [0.15, 0.2) is 72.8 Å².